The van der Waals surface area contributed by atoms with Crippen LogP contribution < -0.4 is 5.32 Å². The first-order valence-electron chi connectivity index (χ1n) is 9.07. The molecule has 2 aromatic rings. The SMILES string of the molecule is C[C@@H]([C@@H](O)c1ccc2c(c1)CC(=O)N2)N1CCC(O)(c2cccs2)CC1. The number of nitrogens with zero attached hydrogens (tertiary/aromatic N) is 1. The number of aliphatic hydroxyl groups is 2. The third-order valence-electron chi connectivity index (χ3n) is 5.73. The molecule has 6 heteroatoms. The Bertz CT molecular complexity index is 797. The third-order valence-corrected chi connectivity index (χ3v) is 6.80. The van der Waals surface area contributed by atoms with Crippen LogP contribution in [0.3, 0.4) is 0 Å². The number of hydrogen-bond acceptors (Lipinski definition) is 5. The second kappa shape index (κ2) is 6.78. The molecule has 0 radical (unpaired) electrons. The molecule has 2 aliphatic rings. The van der Waals surface area contributed by atoms with E-state index < -0.39 is 11.7 Å². The smallest absolute Gasteiger partial charge is 0.228 e. The summed E-state index contributed by atoms with van der Waals surface area (Å²) in [5, 5.41) is 26.6. The highest BCUT2D eigenvalue weighted by atomic mass is 32.1. The molecule has 0 unspecified atom stereocenters. The normalized spacial score (nSPS) is 21.9. The predicted octanol–water partition coefficient (Wildman–Crippen LogP) is 2.65. The van der Waals surface area contributed by atoms with Crippen LogP contribution in [0.15, 0.2) is 35.7 Å². The zero-order chi connectivity index (χ0) is 18.3. The summed E-state index contributed by atoms with van der Waals surface area (Å²) in [6.45, 7) is 3.52. The molecule has 1 saturated heterocycles. The Morgan fingerprint density at radius 1 is 1.27 bits per heavy atom. The van der Waals surface area contributed by atoms with Crippen LogP contribution in [0.5, 0.6) is 0 Å². The largest absolute Gasteiger partial charge is 0.387 e. The van der Waals surface area contributed by atoms with Crippen molar-refractivity contribution in [1.29, 1.82) is 0 Å². The van der Waals surface area contributed by atoms with Crippen molar-refractivity contribution in [3.05, 3.63) is 51.7 Å². The van der Waals surface area contributed by atoms with Crippen LogP contribution in [0.1, 0.15) is 41.9 Å². The van der Waals surface area contributed by atoms with Gasteiger partial charge in [0.25, 0.3) is 0 Å². The Labute approximate surface area is 157 Å². The summed E-state index contributed by atoms with van der Waals surface area (Å²) in [4.78, 5) is 14.8. The highest BCUT2D eigenvalue weighted by Crippen LogP contribution is 2.37. The summed E-state index contributed by atoms with van der Waals surface area (Å²) in [5.74, 6) is 0.00332. The Morgan fingerprint density at radius 2 is 2.04 bits per heavy atom. The van der Waals surface area contributed by atoms with E-state index in [-0.39, 0.29) is 11.9 Å². The number of fused-ring (bicyclic) bond motifs is 1. The maximum absolute atomic E-state index is 11.5. The highest BCUT2D eigenvalue weighted by Gasteiger charge is 2.37. The van der Waals surface area contributed by atoms with Crippen molar-refractivity contribution >= 4 is 22.9 Å². The Kier molecular flexibility index (Phi) is 4.61. The fourth-order valence-electron chi connectivity index (χ4n) is 4.00. The number of nitrogens with one attached hydrogen (secondary N) is 1. The second-order valence-corrected chi connectivity index (χ2v) is 8.32. The van der Waals surface area contributed by atoms with E-state index >= 15 is 0 Å². The minimum absolute atomic E-state index is 0.00332. The summed E-state index contributed by atoms with van der Waals surface area (Å²) < 4.78 is 0. The molecule has 0 spiro atoms. The van der Waals surface area contributed by atoms with Gasteiger partial charge in [-0.25, -0.2) is 0 Å². The van der Waals surface area contributed by atoms with E-state index in [1.807, 2.05) is 42.6 Å². The van der Waals surface area contributed by atoms with E-state index in [1.165, 1.54) is 0 Å². The number of anilines is 1. The number of thiophene rings is 1. The van der Waals surface area contributed by atoms with Gasteiger partial charge < -0.3 is 15.5 Å². The molecule has 1 aromatic heterocycles. The Morgan fingerprint density at radius 3 is 2.73 bits per heavy atom. The van der Waals surface area contributed by atoms with Crippen molar-refractivity contribution in [2.24, 2.45) is 0 Å². The number of likely N-dealkylation sites (tertiary alicyclic amines) is 1. The van der Waals surface area contributed by atoms with Gasteiger partial charge in [-0.15, -0.1) is 11.3 Å². The summed E-state index contributed by atoms with van der Waals surface area (Å²) in [6.07, 6.45) is 1.10. The Hall–Kier alpha value is -1.73. The van der Waals surface area contributed by atoms with Crippen LogP contribution in [-0.2, 0) is 16.8 Å². The van der Waals surface area contributed by atoms with Crippen molar-refractivity contribution in [3.63, 3.8) is 0 Å². The van der Waals surface area contributed by atoms with Gasteiger partial charge in [-0.05, 0) is 48.4 Å². The maximum atomic E-state index is 11.5. The number of carbonyl (C=O) groups is 1. The van der Waals surface area contributed by atoms with Gasteiger partial charge in [0, 0.05) is 29.7 Å². The van der Waals surface area contributed by atoms with Gasteiger partial charge in [0.2, 0.25) is 5.91 Å². The molecule has 0 saturated carbocycles. The quantitative estimate of drug-likeness (QED) is 0.772. The van der Waals surface area contributed by atoms with Crippen molar-refractivity contribution in [2.75, 3.05) is 18.4 Å². The van der Waals surface area contributed by atoms with Crippen molar-refractivity contribution in [2.45, 2.75) is 43.9 Å². The number of piperidine rings is 1. The van der Waals surface area contributed by atoms with E-state index in [2.05, 4.69) is 10.2 Å². The molecule has 3 N–H and O–H groups in total. The molecule has 138 valence electrons. The number of rotatable bonds is 4. The minimum atomic E-state index is -0.741. The molecule has 1 aromatic carbocycles. The number of benzene rings is 1. The number of amides is 1. The molecule has 26 heavy (non-hydrogen) atoms. The first kappa shape index (κ1) is 17.7. The van der Waals surface area contributed by atoms with E-state index in [0.29, 0.717) is 19.3 Å². The zero-order valence-electron chi connectivity index (χ0n) is 14.8. The molecule has 0 bridgehead atoms. The third kappa shape index (κ3) is 3.18. The Balaban J connectivity index is 1.43. The first-order chi connectivity index (χ1) is 12.5. The molecule has 3 heterocycles. The first-order valence-corrected chi connectivity index (χ1v) is 9.95. The van der Waals surface area contributed by atoms with Gasteiger partial charge in [0.15, 0.2) is 0 Å². The van der Waals surface area contributed by atoms with Gasteiger partial charge in [0.1, 0.15) is 5.60 Å². The second-order valence-electron chi connectivity index (χ2n) is 7.37. The van der Waals surface area contributed by atoms with Crippen LogP contribution in [0.4, 0.5) is 5.69 Å². The van der Waals surface area contributed by atoms with Crippen molar-refractivity contribution in [1.82, 2.24) is 4.90 Å². The van der Waals surface area contributed by atoms with Crippen LogP contribution in [0, 0.1) is 0 Å². The molecule has 1 fully saturated rings. The fourth-order valence-corrected chi connectivity index (χ4v) is 4.89. The number of hydrogen-bond donors (Lipinski definition) is 3. The van der Waals surface area contributed by atoms with Crippen LogP contribution >= 0.6 is 11.3 Å². The molecule has 0 aliphatic carbocycles. The van der Waals surface area contributed by atoms with Crippen LogP contribution in [-0.4, -0.2) is 40.2 Å². The number of carbonyl (C=O) groups excluding carboxylic acids is 1. The molecular weight excluding hydrogens is 348 g/mol. The van der Waals surface area contributed by atoms with E-state index in [1.54, 1.807) is 11.3 Å². The average Bonchev–Trinajstić information content (AvgIpc) is 3.29. The summed E-state index contributed by atoms with van der Waals surface area (Å²) in [7, 11) is 0. The van der Waals surface area contributed by atoms with Gasteiger partial charge in [-0.1, -0.05) is 18.2 Å². The average molecular weight is 372 g/mol. The molecule has 5 nitrogen and oxygen atoms in total. The lowest BCUT2D eigenvalue weighted by Crippen LogP contribution is -2.47. The molecule has 2 atom stereocenters. The zero-order valence-corrected chi connectivity index (χ0v) is 15.6. The lowest BCUT2D eigenvalue weighted by atomic mass is 9.88. The van der Waals surface area contributed by atoms with Crippen molar-refractivity contribution in [3.8, 4) is 0 Å². The maximum Gasteiger partial charge on any atom is 0.228 e. The monoisotopic (exact) mass is 372 g/mol. The van der Waals surface area contributed by atoms with E-state index in [4.69, 9.17) is 0 Å². The van der Waals surface area contributed by atoms with Gasteiger partial charge in [0.05, 0.1) is 12.5 Å². The van der Waals surface area contributed by atoms with Crippen molar-refractivity contribution < 1.29 is 15.0 Å². The lowest BCUT2D eigenvalue weighted by Gasteiger charge is -2.41. The van der Waals surface area contributed by atoms with Gasteiger partial charge >= 0.3 is 0 Å². The minimum Gasteiger partial charge on any atom is -0.387 e. The summed E-state index contributed by atoms with van der Waals surface area (Å²) in [5.41, 5.74) is 1.89. The van der Waals surface area contributed by atoms with Crippen LogP contribution in [0.25, 0.3) is 0 Å². The van der Waals surface area contributed by atoms with Gasteiger partial charge in [-0.3, -0.25) is 9.69 Å². The predicted molar refractivity (Wildman–Crippen MR) is 102 cm³/mol. The molecule has 4 rings (SSSR count). The molecular formula is C20H24N2O3S. The van der Waals surface area contributed by atoms with Gasteiger partial charge in [-0.2, -0.15) is 0 Å². The van der Waals surface area contributed by atoms with Crippen LogP contribution in [0.2, 0.25) is 0 Å². The van der Waals surface area contributed by atoms with E-state index in [0.717, 1.165) is 34.8 Å². The lowest BCUT2D eigenvalue weighted by molar-refractivity contribution is -0.115. The number of aliphatic hydroxyl groups excluding tert-OH is 1. The summed E-state index contributed by atoms with van der Waals surface area (Å²) in [6, 6.07) is 9.61. The fraction of sp³-hybridized carbons (Fsp3) is 0.450. The summed E-state index contributed by atoms with van der Waals surface area (Å²) >= 11 is 1.60. The van der Waals surface area contributed by atoms with E-state index in [9.17, 15) is 15.0 Å². The molecule has 1 amide bonds. The highest BCUT2D eigenvalue weighted by molar-refractivity contribution is 7.10. The standard InChI is InChI=1S/C20H24N2O3S/c1-13(19(24)14-4-5-16-15(11-14)12-18(23)21-16)22-8-6-20(25,7-9-22)17-3-2-10-26-17/h2-5,10-11,13,19,24-25H,6-9,12H2,1H3,(H,21,23)/t13-,19+/m0/s1. The molecule has 2 aliphatic heterocycles. The topological polar surface area (TPSA) is 72.8 Å².